The number of hydrogen-bond donors (Lipinski definition) is 2. The molecule has 0 aliphatic rings. The highest BCUT2D eigenvalue weighted by atomic mass is 16.5. The summed E-state index contributed by atoms with van der Waals surface area (Å²) in [4.78, 5) is 10.3. The van der Waals surface area contributed by atoms with Crippen LogP contribution in [0.5, 0.6) is 0 Å². The highest BCUT2D eigenvalue weighted by Gasteiger charge is 1.94. The molecule has 3 N–H and O–H groups in total. The Morgan fingerprint density at radius 2 is 1.69 bits per heavy atom. The fraction of sp³-hybridized carbons (Fsp3) is 0.917. The van der Waals surface area contributed by atoms with Crippen molar-refractivity contribution >= 4 is 6.09 Å². The number of ether oxygens (including phenoxy) is 1. The van der Waals surface area contributed by atoms with Gasteiger partial charge in [0.1, 0.15) is 0 Å². The number of amides is 1. The first kappa shape index (κ1) is 15.2. The van der Waals surface area contributed by atoms with E-state index < -0.39 is 6.09 Å². The normalized spacial score (nSPS) is 10.3. The predicted octanol–water partition coefficient (Wildman–Crippen LogP) is 2.42. The summed E-state index contributed by atoms with van der Waals surface area (Å²) in [6.45, 7) is 4.93. The van der Waals surface area contributed by atoms with Crippen molar-refractivity contribution in [2.75, 3.05) is 19.7 Å². The maximum absolute atomic E-state index is 10.3. The average molecular weight is 230 g/mol. The van der Waals surface area contributed by atoms with Crippen molar-refractivity contribution in [3.63, 3.8) is 0 Å². The van der Waals surface area contributed by atoms with Gasteiger partial charge >= 0.3 is 6.09 Å². The van der Waals surface area contributed by atoms with Crippen LogP contribution in [0.1, 0.15) is 51.9 Å². The van der Waals surface area contributed by atoms with Gasteiger partial charge in [0.05, 0.1) is 6.61 Å². The molecule has 4 nitrogen and oxygen atoms in total. The van der Waals surface area contributed by atoms with Crippen molar-refractivity contribution in [1.82, 2.24) is 5.32 Å². The van der Waals surface area contributed by atoms with Crippen molar-refractivity contribution in [2.24, 2.45) is 5.73 Å². The van der Waals surface area contributed by atoms with Gasteiger partial charge < -0.3 is 15.8 Å². The summed E-state index contributed by atoms with van der Waals surface area (Å²) in [5.41, 5.74) is 4.84. The molecule has 0 atom stereocenters. The van der Waals surface area contributed by atoms with Crippen molar-refractivity contribution in [1.29, 1.82) is 0 Å². The van der Waals surface area contributed by atoms with Crippen LogP contribution >= 0.6 is 0 Å². The van der Waals surface area contributed by atoms with E-state index in [0.717, 1.165) is 25.9 Å². The average Bonchev–Trinajstić information content (AvgIpc) is 2.25. The van der Waals surface area contributed by atoms with E-state index in [1.165, 1.54) is 32.1 Å². The van der Waals surface area contributed by atoms with Gasteiger partial charge in [-0.05, 0) is 32.4 Å². The van der Waals surface area contributed by atoms with Gasteiger partial charge in [0.15, 0.2) is 0 Å². The molecule has 0 fully saturated rings. The van der Waals surface area contributed by atoms with Crippen LogP contribution < -0.4 is 11.1 Å². The van der Waals surface area contributed by atoms with E-state index in [2.05, 4.69) is 17.0 Å². The molecule has 0 bridgehead atoms. The molecule has 0 spiro atoms. The molecule has 0 aromatic carbocycles. The van der Waals surface area contributed by atoms with Gasteiger partial charge in [-0.1, -0.05) is 32.6 Å². The Bertz CT molecular complexity index is 163. The fourth-order valence-corrected chi connectivity index (χ4v) is 1.48. The lowest BCUT2D eigenvalue weighted by Crippen LogP contribution is -2.16. The standard InChI is InChI=1S/C12H26N2O2/c1-2-3-9-14-10-7-5-4-6-8-11-16-12(13)15/h14H,2-11H2,1H3,(H2,13,15). The maximum Gasteiger partial charge on any atom is 0.404 e. The van der Waals surface area contributed by atoms with Crippen molar-refractivity contribution in [2.45, 2.75) is 51.9 Å². The smallest absolute Gasteiger partial charge is 0.404 e. The van der Waals surface area contributed by atoms with Gasteiger partial charge in [-0.2, -0.15) is 0 Å². The minimum atomic E-state index is -0.667. The summed E-state index contributed by atoms with van der Waals surface area (Å²) in [6, 6.07) is 0. The third-order valence-electron chi connectivity index (χ3n) is 2.45. The molecule has 96 valence electrons. The number of hydrogen-bond acceptors (Lipinski definition) is 3. The first-order valence-corrected chi connectivity index (χ1v) is 6.40. The number of unbranched alkanes of at least 4 members (excludes halogenated alkanes) is 5. The zero-order chi connectivity index (χ0) is 12.1. The largest absolute Gasteiger partial charge is 0.450 e. The van der Waals surface area contributed by atoms with Gasteiger partial charge in [0, 0.05) is 0 Å². The zero-order valence-electron chi connectivity index (χ0n) is 10.5. The molecule has 4 heteroatoms. The van der Waals surface area contributed by atoms with Crippen LogP contribution in [0.15, 0.2) is 0 Å². The number of nitrogens with one attached hydrogen (secondary N) is 1. The second-order valence-electron chi connectivity index (χ2n) is 4.04. The molecule has 0 heterocycles. The van der Waals surface area contributed by atoms with E-state index in [1.807, 2.05) is 0 Å². The van der Waals surface area contributed by atoms with Crippen LogP contribution in [0, 0.1) is 0 Å². The molecule has 0 saturated heterocycles. The first-order chi connectivity index (χ1) is 7.77. The van der Waals surface area contributed by atoms with E-state index in [1.54, 1.807) is 0 Å². The zero-order valence-corrected chi connectivity index (χ0v) is 10.5. The SMILES string of the molecule is CCCCNCCCCCCCOC(N)=O. The van der Waals surface area contributed by atoms with E-state index in [4.69, 9.17) is 5.73 Å². The molecular formula is C12H26N2O2. The van der Waals surface area contributed by atoms with Gasteiger partial charge in [0.2, 0.25) is 0 Å². The Kier molecular flexibility index (Phi) is 11.7. The summed E-state index contributed by atoms with van der Waals surface area (Å²) in [5.74, 6) is 0. The summed E-state index contributed by atoms with van der Waals surface area (Å²) < 4.78 is 4.64. The van der Waals surface area contributed by atoms with E-state index in [-0.39, 0.29) is 0 Å². The van der Waals surface area contributed by atoms with Gasteiger partial charge in [-0.15, -0.1) is 0 Å². The third-order valence-corrected chi connectivity index (χ3v) is 2.45. The molecule has 0 aromatic rings. The second-order valence-corrected chi connectivity index (χ2v) is 4.04. The highest BCUT2D eigenvalue weighted by Crippen LogP contribution is 2.02. The summed E-state index contributed by atoms with van der Waals surface area (Å²) in [6.07, 6.45) is 7.58. The lowest BCUT2D eigenvalue weighted by Gasteiger charge is -2.04. The Balaban J connectivity index is 2.90. The topological polar surface area (TPSA) is 64.3 Å². The number of primary amides is 1. The Labute approximate surface area is 98.9 Å². The van der Waals surface area contributed by atoms with Gasteiger partial charge in [0.25, 0.3) is 0 Å². The quantitative estimate of drug-likeness (QED) is 0.536. The van der Waals surface area contributed by atoms with Crippen molar-refractivity contribution in [3.8, 4) is 0 Å². The predicted molar refractivity (Wildman–Crippen MR) is 66.4 cm³/mol. The van der Waals surface area contributed by atoms with Crippen LogP contribution in [-0.4, -0.2) is 25.8 Å². The summed E-state index contributed by atoms with van der Waals surface area (Å²) in [5, 5.41) is 3.42. The summed E-state index contributed by atoms with van der Waals surface area (Å²) >= 11 is 0. The Hall–Kier alpha value is -0.770. The van der Waals surface area contributed by atoms with Crippen LogP contribution in [0.3, 0.4) is 0 Å². The van der Waals surface area contributed by atoms with Crippen LogP contribution in [0.25, 0.3) is 0 Å². The molecule has 0 aliphatic carbocycles. The molecule has 0 rings (SSSR count). The van der Waals surface area contributed by atoms with Crippen LogP contribution in [0.2, 0.25) is 0 Å². The molecule has 0 saturated carbocycles. The van der Waals surface area contributed by atoms with Crippen LogP contribution in [0.4, 0.5) is 4.79 Å². The number of rotatable bonds is 11. The monoisotopic (exact) mass is 230 g/mol. The fourth-order valence-electron chi connectivity index (χ4n) is 1.48. The molecule has 0 unspecified atom stereocenters. The number of nitrogens with two attached hydrogens (primary N) is 1. The number of carbonyl (C=O) groups is 1. The molecular weight excluding hydrogens is 204 g/mol. The van der Waals surface area contributed by atoms with E-state index in [0.29, 0.717) is 6.61 Å². The maximum atomic E-state index is 10.3. The second kappa shape index (κ2) is 12.3. The molecule has 0 radical (unpaired) electrons. The first-order valence-electron chi connectivity index (χ1n) is 6.40. The lowest BCUT2D eigenvalue weighted by atomic mass is 10.1. The van der Waals surface area contributed by atoms with E-state index >= 15 is 0 Å². The van der Waals surface area contributed by atoms with Crippen LogP contribution in [-0.2, 0) is 4.74 Å². The number of carbonyl (C=O) groups excluding carboxylic acids is 1. The Morgan fingerprint density at radius 3 is 2.38 bits per heavy atom. The molecule has 16 heavy (non-hydrogen) atoms. The highest BCUT2D eigenvalue weighted by molar-refractivity contribution is 5.64. The summed E-state index contributed by atoms with van der Waals surface area (Å²) in [7, 11) is 0. The van der Waals surface area contributed by atoms with E-state index in [9.17, 15) is 4.79 Å². The van der Waals surface area contributed by atoms with Crippen molar-refractivity contribution < 1.29 is 9.53 Å². The Morgan fingerprint density at radius 1 is 1.06 bits per heavy atom. The van der Waals surface area contributed by atoms with Crippen molar-refractivity contribution in [3.05, 3.63) is 0 Å². The molecule has 1 amide bonds. The molecule has 0 aromatic heterocycles. The minimum absolute atomic E-state index is 0.462. The third kappa shape index (κ3) is 13.2. The minimum Gasteiger partial charge on any atom is -0.450 e. The van der Waals surface area contributed by atoms with Gasteiger partial charge in [-0.25, -0.2) is 4.79 Å². The molecule has 0 aliphatic heterocycles. The van der Waals surface area contributed by atoms with Gasteiger partial charge in [-0.3, -0.25) is 0 Å². The lowest BCUT2D eigenvalue weighted by molar-refractivity contribution is 0.154.